The van der Waals surface area contributed by atoms with E-state index in [4.69, 9.17) is 4.74 Å². The van der Waals surface area contributed by atoms with E-state index >= 15 is 0 Å². The topological polar surface area (TPSA) is 14.2 Å². The van der Waals surface area contributed by atoms with Crippen LogP contribution in [0.3, 0.4) is 0 Å². The molecule has 0 aliphatic heterocycles. The number of para-hydroxylation sites is 2. The molecule has 0 fully saturated rings. The number of thiophene rings is 1. The van der Waals surface area contributed by atoms with Gasteiger partial charge in [-0.3, -0.25) is 0 Å². The number of benzene rings is 3. The minimum Gasteiger partial charge on any atom is -0.497 e. The number of aryl methyl sites for hydroxylation is 1. The van der Waals surface area contributed by atoms with E-state index in [-0.39, 0.29) is 0 Å². The van der Waals surface area contributed by atoms with Crippen molar-refractivity contribution < 1.29 is 4.74 Å². The highest BCUT2D eigenvalue weighted by Gasteiger charge is 2.16. The van der Waals surface area contributed by atoms with Crippen LogP contribution in [0.1, 0.15) is 4.88 Å². The Morgan fingerprint density at radius 2 is 1.56 bits per heavy atom. The Bertz CT molecular complexity index is 1260. The summed E-state index contributed by atoms with van der Waals surface area (Å²) in [5.74, 6) is 0.869. The Balaban J connectivity index is 1.91. The summed E-state index contributed by atoms with van der Waals surface area (Å²) in [6, 6.07) is 28.0. The smallest absolute Gasteiger partial charge is 0.119 e. The van der Waals surface area contributed by atoms with Gasteiger partial charge in [0, 0.05) is 31.8 Å². The largest absolute Gasteiger partial charge is 0.497 e. The lowest BCUT2D eigenvalue weighted by Gasteiger charge is -2.11. The molecule has 0 unspecified atom stereocenters. The van der Waals surface area contributed by atoms with E-state index < -0.39 is 0 Å². The molecule has 0 aliphatic rings. The van der Waals surface area contributed by atoms with Gasteiger partial charge < -0.3 is 9.30 Å². The molecule has 5 aromatic rings. The van der Waals surface area contributed by atoms with Crippen molar-refractivity contribution in [1.82, 2.24) is 4.57 Å². The predicted molar refractivity (Wildman–Crippen MR) is 115 cm³/mol. The van der Waals surface area contributed by atoms with Crippen LogP contribution in [-0.4, -0.2) is 11.7 Å². The minimum atomic E-state index is 0.869. The summed E-state index contributed by atoms with van der Waals surface area (Å²) in [6.07, 6.45) is 0. The summed E-state index contributed by atoms with van der Waals surface area (Å²) in [7, 11) is 1.70. The van der Waals surface area contributed by atoms with Crippen molar-refractivity contribution in [2.45, 2.75) is 6.92 Å². The zero-order valence-corrected chi connectivity index (χ0v) is 16.1. The van der Waals surface area contributed by atoms with E-state index in [1.54, 1.807) is 7.11 Å². The fraction of sp³-hybridized carbons (Fsp3) is 0.0833. The maximum Gasteiger partial charge on any atom is 0.119 e. The maximum atomic E-state index is 5.35. The second-order valence-electron chi connectivity index (χ2n) is 6.66. The first-order chi connectivity index (χ1) is 13.3. The summed E-state index contributed by atoms with van der Waals surface area (Å²) < 4.78 is 7.72. The Labute approximate surface area is 162 Å². The van der Waals surface area contributed by atoms with Crippen LogP contribution in [0.2, 0.25) is 0 Å². The molecule has 0 saturated carbocycles. The zero-order chi connectivity index (χ0) is 18.4. The van der Waals surface area contributed by atoms with Crippen molar-refractivity contribution in [3.8, 4) is 21.9 Å². The molecular formula is C24H19NOS. The molecule has 3 aromatic carbocycles. The number of rotatable bonds is 3. The third-order valence-corrected chi connectivity index (χ3v) is 6.07. The standard InChI is InChI=1S/C24H19NOS/c1-16-10-15-23(27-16)21-8-5-7-20-19-6-3-4-9-22(19)25(24(20)21)17-11-13-18(26-2)14-12-17/h3-15H,1-2H3. The highest BCUT2D eigenvalue weighted by molar-refractivity contribution is 7.15. The van der Waals surface area contributed by atoms with Gasteiger partial charge in [0.1, 0.15) is 5.75 Å². The molecule has 3 heteroatoms. The summed E-state index contributed by atoms with van der Waals surface area (Å²) in [4.78, 5) is 2.63. The van der Waals surface area contributed by atoms with Crippen LogP contribution in [0.4, 0.5) is 0 Å². The van der Waals surface area contributed by atoms with Crippen molar-refractivity contribution in [3.05, 3.63) is 83.7 Å². The molecule has 2 aromatic heterocycles. The van der Waals surface area contributed by atoms with Crippen LogP contribution in [0.25, 0.3) is 37.9 Å². The van der Waals surface area contributed by atoms with Gasteiger partial charge in [-0.15, -0.1) is 11.3 Å². The summed E-state index contributed by atoms with van der Waals surface area (Å²) >= 11 is 1.84. The monoisotopic (exact) mass is 369 g/mol. The maximum absolute atomic E-state index is 5.35. The van der Waals surface area contributed by atoms with Crippen LogP contribution in [0, 0.1) is 6.92 Å². The molecule has 0 spiro atoms. The number of fused-ring (bicyclic) bond motifs is 3. The summed E-state index contributed by atoms with van der Waals surface area (Å²) in [6.45, 7) is 2.16. The van der Waals surface area contributed by atoms with E-state index in [0.717, 1.165) is 11.4 Å². The van der Waals surface area contributed by atoms with E-state index in [2.05, 4.69) is 78.2 Å². The Morgan fingerprint density at radius 1 is 0.778 bits per heavy atom. The normalized spacial score (nSPS) is 11.3. The lowest BCUT2D eigenvalue weighted by molar-refractivity contribution is 0.415. The Hall–Kier alpha value is -3.04. The van der Waals surface area contributed by atoms with Crippen molar-refractivity contribution in [2.24, 2.45) is 0 Å². The van der Waals surface area contributed by atoms with Gasteiger partial charge in [-0.1, -0.05) is 36.4 Å². The Kier molecular flexibility index (Phi) is 3.76. The molecule has 2 heterocycles. The van der Waals surface area contributed by atoms with Gasteiger partial charge in [0.15, 0.2) is 0 Å². The van der Waals surface area contributed by atoms with Crippen LogP contribution in [-0.2, 0) is 0 Å². The number of ether oxygens (including phenoxy) is 1. The van der Waals surface area contributed by atoms with Gasteiger partial charge in [0.2, 0.25) is 0 Å². The first-order valence-electron chi connectivity index (χ1n) is 8.99. The number of hydrogen-bond donors (Lipinski definition) is 0. The van der Waals surface area contributed by atoms with Gasteiger partial charge >= 0.3 is 0 Å². The molecule has 27 heavy (non-hydrogen) atoms. The third kappa shape index (κ3) is 2.54. The first kappa shape index (κ1) is 16.2. The lowest BCUT2D eigenvalue weighted by atomic mass is 10.1. The second-order valence-corrected chi connectivity index (χ2v) is 7.95. The molecule has 132 valence electrons. The highest BCUT2D eigenvalue weighted by atomic mass is 32.1. The van der Waals surface area contributed by atoms with E-state index in [1.165, 1.54) is 37.1 Å². The van der Waals surface area contributed by atoms with Crippen LogP contribution >= 0.6 is 11.3 Å². The Morgan fingerprint density at radius 3 is 2.30 bits per heavy atom. The van der Waals surface area contributed by atoms with E-state index in [0.29, 0.717) is 0 Å². The molecule has 0 saturated heterocycles. The third-order valence-electron chi connectivity index (χ3n) is 5.03. The number of aromatic nitrogens is 1. The summed E-state index contributed by atoms with van der Waals surface area (Å²) in [5.41, 5.74) is 4.89. The van der Waals surface area contributed by atoms with Gasteiger partial charge in [-0.25, -0.2) is 0 Å². The van der Waals surface area contributed by atoms with Crippen molar-refractivity contribution >= 4 is 33.1 Å². The number of nitrogens with zero attached hydrogens (tertiary/aromatic N) is 1. The van der Waals surface area contributed by atoms with Crippen molar-refractivity contribution in [1.29, 1.82) is 0 Å². The molecule has 5 rings (SSSR count). The molecule has 0 N–H and O–H groups in total. The van der Waals surface area contributed by atoms with Gasteiger partial charge in [-0.05, 0) is 49.4 Å². The SMILES string of the molecule is COc1ccc(-n2c3ccccc3c3cccc(-c4ccc(C)s4)c32)cc1. The van der Waals surface area contributed by atoms with Crippen LogP contribution < -0.4 is 4.74 Å². The van der Waals surface area contributed by atoms with Gasteiger partial charge in [0.05, 0.1) is 18.1 Å². The fourth-order valence-electron chi connectivity index (χ4n) is 3.80. The van der Waals surface area contributed by atoms with E-state index in [9.17, 15) is 0 Å². The average molecular weight is 369 g/mol. The van der Waals surface area contributed by atoms with Crippen molar-refractivity contribution in [2.75, 3.05) is 7.11 Å². The molecule has 2 nitrogen and oxygen atoms in total. The molecular weight excluding hydrogens is 350 g/mol. The first-order valence-corrected chi connectivity index (χ1v) is 9.81. The van der Waals surface area contributed by atoms with Gasteiger partial charge in [-0.2, -0.15) is 0 Å². The number of methoxy groups -OCH3 is 1. The van der Waals surface area contributed by atoms with E-state index in [1.807, 2.05) is 23.5 Å². The molecule has 0 bridgehead atoms. The predicted octanol–water partition coefficient (Wildman–Crippen LogP) is 6.83. The second kappa shape index (κ2) is 6.29. The van der Waals surface area contributed by atoms with Crippen LogP contribution in [0.5, 0.6) is 5.75 Å². The quantitative estimate of drug-likeness (QED) is 0.340. The number of hydrogen-bond acceptors (Lipinski definition) is 2. The van der Waals surface area contributed by atoms with Crippen molar-refractivity contribution in [3.63, 3.8) is 0 Å². The average Bonchev–Trinajstić information content (AvgIpc) is 3.29. The molecule has 0 amide bonds. The van der Waals surface area contributed by atoms with Crippen LogP contribution in [0.15, 0.2) is 78.9 Å². The zero-order valence-electron chi connectivity index (χ0n) is 15.3. The summed E-state index contributed by atoms with van der Waals surface area (Å²) in [5, 5.41) is 2.56. The fourth-order valence-corrected chi connectivity index (χ4v) is 4.69. The molecule has 0 atom stereocenters. The molecule has 0 aliphatic carbocycles. The lowest BCUT2D eigenvalue weighted by Crippen LogP contribution is -1.95. The molecule has 0 radical (unpaired) electrons. The van der Waals surface area contributed by atoms with Gasteiger partial charge in [0.25, 0.3) is 0 Å². The minimum absolute atomic E-state index is 0.869. The highest BCUT2D eigenvalue weighted by Crippen LogP contribution is 2.40.